The summed E-state index contributed by atoms with van der Waals surface area (Å²) in [6.45, 7) is 12.8. The zero-order chi connectivity index (χ0) is 21.8. The predicted molar refractivity (Wildman–Crippen MR) is 122 cm³/mol. The van der Waals surface area contributed by atoms with Gasteiger partial charge in [-0.1, -0.05) is 47.6 Å². The highest BCUT2D eigenvalue weighted by Gasteiger charge is 1.98. The predicted octanol–water partition coefficient (Wildman–Crippen LogP) is 5.17. The Morgan fingerprint density at radius 1 is 0.655 bits per heavy atom. The van der Waals surface area contributed by atoms with Gasteiger partial charge < -0.3 is 11.5 Å². The second-order valence-corrected chi connectivity index (χ2v) is 7.64. The third-order valence-corrected chi connectivity index (χ3v) is 4.18. The average molecular weight is 395 g/mol. The number of nitrogens with zero attached hydrogens (tertiary/aromatic N) is 4. The van der Waals surface area contributed by atoms with Crippen molar-refractivity contribution >= 4 is 11.8 Å². The molecule has 0 atom stereocenters. The molecule has 0 aliphatic heterocycles. The molecular weight excluding hydrogens is 360 g/mol. The number of aromatic nitrogens is 4. The monoisotopic (exact) mass is 394 g/mol. The molecule has 0 radical (unpaired) electrons. The normalized spacial score (nSPS) is 10.2. The Kier molecular flexibility index (Phi) is 10.3. The van der Waals surface area contributed by atoms with E-state index in [1.54, 1.807) is 24.8 Å². The maximum Gasteiger partial charge on any atom is 0.219 e. The molecule has 0 aromatic carbocycles. The Bertz CT molecular complexity index is 814. The first-order valence-corrected chi connectivity index (χ1v) is 9.89. The van der Waals surface area contributed by atoms with Crippen LogP contribution >= 0.6 is 0 Å². The fourth-order valence-electron chi connectivity index (χ4n) is 2.19. The quantitative estimate of drug-likeness (QED) is 0.635. The van der Waals surface area contributed by atoms with Crippen LogP contribution in [0.4, 0.5) is 11.8 Å². The van der Waals surface area contributed by atoms with E-state index in [9.17, 15) is 0 Å². The summed E-state index contributed by atoms with van der Waals surface area (Å²) < 4.78 is 0. The summed E-state index contributed by atoms with van der Waals surface area (Å²) in [5, 5.41) is 0. The number of nitrogens with two attached hydrogens (primary N) is 2. The van der Waals surface area contributed by atoms with Gasteiger partial charge in [-0.15, -0.1) is 0 Å². The van der Waals surface area contributed by atoms with Gasteiger partial charge in [0.15, 0.2) is 0 Å². The maximum absolute atomic E-state index is 5.49. The highest BCUT2D eigenvalue weighted by Crippen LogP contribution is 2.14. The lowest BCUT2D eigenvalue weighted by Crippen LogP contribution is -1.96. The van der Waals surface area contributed by atoms with Crippen LogP contribution in [0.15, 0.2) is 55.2 Å². The standard InChI is InChI=1S/C8H12N2.C8H11N.C7H11N3/c1-6(2)7-3-4-10-8(9)5-7;1-7(2)8-4-3-5-9-6-8;1-5(2)6-3-9-7(8)10-4-6/h3-6H,1-2H3,(H2,9,10);3-7H,1-2H3;3-5H,1-2H3,(H2,8,9,10). The SMILES string of the molecule is CC(C)c1cccnc1.CC(C)c1ccnc(N)c1.CC(C)c1cnc(N)nc1. The van der Waals surface area contributed by atoms with Crippen molar-refractivity contribution in [2.45, 2.75) is 59.3 Å². The molecule has 6 heteroatoms. The van der Waals surface area contributed by atoms with Crippen LogP contribution in [0.1, 0.15) is 76.0 Å². The zero-order valence-corrected chi connectivity index (χ0v) is 18.4. The van der Waals surface area contributed by atoms with Crippen molar-refractivity contribution in [3.63, 3.8) is 0 Å². The van der Waals surface area contributed by atoms with E-state index in [-0.39, 0.29) is 0 Å². The largest absolute Gasteiger partial charge is 0.384 e. The summed E-state index contributed by atoms with van der Waals surface area (Å²) in [5.74, 6) is 2.54. The van der Waals surface area contributed by atoms with Gasteiger partial charge in [0.2, 0.25) is 5.95 Å². The van der Waals surface area contributed by atoms with Gasteiger partial charge in [0.1, 0.15) is 5.82 Å². The lowest BCUT2D eigenvalue weighted by Gasteiger charge is -2.03. The Hall–Kier alpha value is -3.02. The van der Waals surface area contributed by atoms with Crippen LogP contribution in [0, 0.1) is 0 Å². The van der Waals surface area contributed by atoms with E-state index in [2.05, 4.69) is 67.5 Å². The molecule has 0 unspecified atom stereocenters. The average Bonchev–Trinajstić information content (AvgIpc) is 2.70. The van der Waals surface area contributed by atoms with Gasteiger partial charge in [0.05, 0.1) is 0 Å². The molecule has 0 saturated heterocycles. The summed E-state index contributed by atoms with van der Waals surface area (Å²) in [5.41, 5.74) is 14.5. The van der Waals surface area contributed by atoms with Crippen molar-refractivity contribution in [2.24, 2.45) is 0 Å². The van der Waals surface area contributed by atoms with E-state index < -0.39 is 0 Å². The molecule has 6 nitrogen and oxygen atoms in total. The second-order valence-electron chi connectivity index (χ2n) is 7.64. The van der Waals surface area contributed by atoms with Crippen LogP contribution in [-0.2, 0) is 0 Å². The van der Waals surface area contributed by atoms with Gasteiger partial charge in [-0.25, -0.2) is 15.0 Å². The first kappa shape index (κ1) is 24.0. The van der Waals surface area contributed by atoms with Crippen molar-refractivity contribution in [3.05, 3.63) is 71.9 Å². The first-order valence-electron chi connectivity index (χ1n) is 9.89. The van der Waals surface area contributed by atoms with Crippen LogP contribution < -0.4 is 11.5 Å². The van der Waals surface area contributed by atoms with E-state index in [0.29, 0.717) is 29.5 Å². The summed E-state index contributed by atoms with van der Waals surface area (Å²) in [6, 6.07) is 7.96. The van der Waals surface area contributed by atoms with Gasteiger partial charge in [0, 0.05) is 31.0 Å². The van der Waals surface area contributed by atoms with Gasteiger partial charge in [-0.05, 0) is 52.6 Å². The molecular formula is C23H34N6. The Morgan fingerprint density at radius 2 is 1.24 bits per heavy atom. The molecule has 4 N–H and O–H groups in total. The maximum atomic E-state index is 5.49. The minimum absolute atomic E-state index is 0.337. The molecule has 0 bridgehead atoms. The van der Waals surface area contributed by atoms with Gasteiger partial charge in [-0.2, -0.15) is 0 Å². The van der Waals surface area contributed by atoms with Crippen LogP contribution in [0.5, 0.6) is 0 Å². The summed E-state index contributed by atoms with van der Waals surface area (Å²) in [7, 11) is 0. The fraction of sp³-hybridized carbons (Fsp3) is 0.391. The summed E-state index contributed by atoms with van der Waals surface area (Å²) in [4.78, 5) is 15.6. The van der Waals surface area contributed by atoms with Crippen molar-refractivity contribution in [2.75, 3.05) is 11.5 Å². The Labute approximate surface area is 174 Å². The lowest BCUT2D eigenvalue weighted by atomic mass is 10.1. The molecule has 3 aromatic rings. The molecule has 156 valence electrons. The van der Waals surface area contributed by atoms with Gasteiger partial charge in [0.25, 0.3) is 0 Å². The molecule has 3 aromatic heterocycles. The molecule has 0 amide bonds. The molecule has 0 aliphatic carbocycles. The number of pyridine rings is 2. The van der Waals surface area contributed by atoms with Crippen LogP contribution in [0.2, 0.25) is 0 Å². The van der Waals surface area contributed by atoms with E-state index >= 15 is 0 Å². The van der Waals surface area contributed by atoms with Crippen LogP contribution in [-0.4, -0.2) is 19.9 Å². The number of rotatable bonds is 3. The number of anilines is 2. The second kappa shape index (κ2) is 12.4. The molecule has 0 spiro atoms. The first-order chi connectivity index (χ1) is 13.7. The van der Waals surface area contributed by atoms with Crippen molar-refractivity contribution in [1.29, 1.82) is 0 Å². The van der Waals surface area contributed by atoms with E-state index in [4.69, 9.17) is 11.5 Å². The van der Waals surface area contributed by atoms with E-state index in [1.165, 1.54) is 11.1 Å². The number of hydrogen-bond acceptors (Lipinski definition) is 6. The molecule has 3 heterocycles. The van der Waals surface area contributed by atoms with E-state index in [1.807, 2.05) is 24.4 Å². The van der Waals surface area contributed by atoms with Gasteiger partial charge >= 0.3 is 0 Å². The molecule has 0 aliphatic rings. The van der Waals surface area contributed by atoms with Crippen molar-refractivity contribution in [1.82, 2.24) is 19.9 Å². The summed E-state index contributed by atoms with van der Waals surface area (Å²) >= 11 is 0. The molecule has 3 rings (SSSR count). The van der Waals surface area contributed by atoms with Crippen molar-refractivity contribution < 1.29 is 0 Å². The Morgan fingerprint density at radius 3 is 1.62 bits per heavy atom. The lowest BCUT2D eigenvalue weighted by molar-refractivity contribution is 0.848. The molecule has 0 saturated carbocycles. The highest BCUT2D eigenvalue weighted by atomic mass is 15.0. The molecule has 0 fully saturated rings. The fourth-order valence-corrected chi connectivity index (χ4v) is 2.19. The minimum Gasteiger partial charge on any atom is -0.384 e. The van der Waals surface area contributed by atoms with Crippen LogP contribution in [0.3, 0.4) is 0 Å². The third-order valence-electron chi connectivity index (χ3n) is 4.18. The summed E-state index contributed by atoms with van der Waals surface area (Å²) in [6.07, 6.45) is 8.96. The topological polar surface area (TPSA) is 104 Å². The van der Waals surface area contributed by atoms with E-state index in [0.717, 1.165) is 5.56 Å². The molecule has 29 heavy (non-hydrogen) atoms. The third kappa shape index (κ3) is 9.65. The van der Waals surface area contributed by atoms with Crippen LogP contribution in [0.25, 0.3) is 0 Å². The smallest absolute Gasteiger partial charge is 0.219 e. The van der Waals surface area contributed by atoms with Gasteiger partial charge in [-0.3, -0.25) is 4.98 Å². The minimum atomic E-state index is 0.337. The van der Waals surface area contributed by atoms with Crippen molar-refractivity contribution in [3.8, 4) is 0 Å². The Balaban J connectivity index is 0.000000218. The number of nitrogen functional groups attached to an aromatic ring is 2. The zero-order valence-electron chi connectivity index (χ0n) is 18.4. The number of hydrogen-bond donors (Lipinski definition) is 2. The highest BCUT2D eigenvalue weighted by molar-refractivity contribution is 5.33.